The summed E-state index contributed by atoms with van der Waals surface area (Å²) in [5.74, 6) is 1.70. The molecule has 0 aromatic heterocycles. The molecule has 2 nitrogen and oxygen atoms in total. The molecular formula is C19H20O2. The smallest absolute Gasteiger partial charge is 0.161 e. The Morgan fingerprint density at radius 3 is 2.05 bits per heavy atom. The van der Waals surface area contributed by atoms with E-state index in [1.165, 1.54) is 0 Å². The fourth-order valence-corrected chi connectivity index (χ4v) is 1.69. The van der Waals surface area contributed by atoms with Gasteiger partial charge in [0.15, 0.2) is 5.78 Å². The standard InChI is InChI=1S/C19H20O2/c1-19(2,3)18(20)14-11-15-9-12-17(13-10-15)21-16-7-5-4-6-8-16/h4-14H,1-3H3. The number of para-hydroxylation sites is 1. The van der Waals surface area contributed by atoms with Crippen molar-refractivity contribution >= 4 is 11.9 Å². The first-order valence-electron chi connectivity index (χ1n) is 7.01. The molecule has 0 saturated heterocycles. The molecule has 0 saturated carbocycles. The molecule has 2 aromatic rings. The summed E-state index contributed by atoms with van der Waals surface area (Å²) in [6.45, 7) is 5.74. The van der Waals surface area contributed by atoms with Crippen molar-refractivity contribution in [2.45, 2.75) is 20.8 Å². The summed E-state index contributed by atoms with van der Waals surface area (Å²) >= 11 is 0. The summed E-state index contributed by atoms with van der Waals surface area (Å²) in [5.41, 5.74) is 0.639. The maximum atomic E-state index is 11.8. The fourth-order valence-electron chi connectivity index (χ4n) is 1.69. The molecule has 0 fully saturated rings. The number of ketones is 1. The Kier molecular flexibility index (Phi) is 4.59. The highest BCUT2D eigenvalue weighted by atomic mass is 16.5. The van der Waals surface area contributed by atoms with Crippen molar-refractivity contribution < 1.29 is 9.53 Å². The zero-order valence-corrected chi connectivity index (χ0v) is 12.7. The average molecular weight is 280 g/mol. The van der Waals surface area contributed by atoms with Crippen LogP contribution < -0.4 is 4.74 Å². The maximum Gasteiger partial charge on any atom is 0.161 e. The van der Waals surface area contributed by atoms with Crippen molar-refractivity contribution in [1.82, 2.24) is 0 Å². The maximum absolute atomic E-state index is 11.8. The second kappa shape index (κ2) is 6.40. The number of hydrogen-bond donors (Lipinski definition) is 0. The Morgan fingerprint density at radius 2 is 1.48 bits per heavy atom. The molecule has 0 atom stereocenters. The first kappa shape index (κ1) is 15.0. The molecule has 2 heteroatoms. The number of benzene rings is 2. The molecule has 0 spiro atoms. The second-order valence-corrected chi connectivity index (χ2v) is 5.93. The van der Waals surface area contributed by atoms with Gasteiger partial charge in [-0.05, 0) is 35.9 Å². The number of rotatable bonds is 4. The van der Waals surface area contributed by atoms with Crippen LogP contribution in [0.3, 0.4) is 0 Å². The molecule has 0 aliphatic rings. The topological polar surface area (TPSA) is 26.3 Å². The van der Waals surface area contributed by atoms with E-state index >= 15 is 0 Å². The summed E-state index contributed by atoms with van der Waals surface area (Å²) < 4.78 is 5.72. The second-order valence-electron chi connectivity index (χ2n) is 5.93. The minimum absolute atomic E-state index is 0.118. The number of allylic oxidation sites excluding steroid dienone is 1. The molecule has 2 aromatic carbocycles. The molecule has 21 heavy (non-hydrogen) atoms. The lowest BCUT2D eigenvalue weighted by molar-refractivity contribution is -0.121. The van der Waals surface area contributed by atoms with Crippen molar-refractivity contribution in [3.05, 3.63) is 66.2 Å². The third-order valence-electron chi connectivity index (χ3n) is 3.03. The van der Waals surface area contributed by atoms with Crippen LogP contribution in [-0.2, 0) is 4.79 Å². The van der Waals surface area contributed by atoms with Crippen LogP contribution in [0.5, 0.6) is 11.5 Å². The van der Waals surface area contributed by atoms with Gasteiger partial charge in [-0.15, -0.1) is 0 Å². The van der Waals surface area contributed by atoms with E-state index < -0.39 is 0 Å². The summed E-state index contributed by atoms with van der Waals surface area (Å²) in [5, 5.41) is 0. The Morgan fingerprint density at radius 1 is 0.905 bits per heavy atom. The first-order valence-corrected chi connectivity index (χ1v) is 7.01. The lowest BCUT2D eigenvalue weighted by atomic mass is 9.90. The molecule has 108 valence electrons. The quantitative estimate of drug-likeness (QED) is 0.728. The average Bonchev–Trinajstić information content (AvgIpc) is 2.46. The molecule has 0 heterocycles. The van der Waals surface area contributed by atoms with Gasteiger partial charge in [0.2, 0.25) is 0 Å². The van der Waals surface area contributed by atoms with Gasteiger partial charge in [-0.1, -0.05) is 57.2 Å². The first-order chi connectivity index (χ1) is 9.95. The Hall–Kier alpha value is -2.35. The van der Waals surface area contributed by atoms with E-state index in [1.54, 1.807) is 6.08 Å². The van der Waals surface area contributed by atoms with Crippen LogP contribution >= 0.6 is 0 Å². The molecule has 2 rings (SSSR count). The van der Waals surface area contributed by atoms with Gasteiger partial charge in [0.1, 0.15) is 11.5 Å². The minimum Gasteiger partial charge on any atom is -0.457 e. The monoisotopic (exact) mass is 280 g/mol. The van der Waals surface area contributed by atoms with E-state index in [-0.39, 0.29) is 11.2 Å². The molecule has 0 radical (unpaired) electrons. The van der Waals surface area contributed by atoms with E-state index in [2.05, 4.69) is 0 Å². The van der Waals surface area contributed by atoms with Crippen LogP contribution in [0.4, 0.5) is 0 Å². The van der Waals surface area contributed by atoms with Gasteiger partial charge >= 0.3 is 0 Å². The van der Waals surface area contributed by atoms with Crippen LogP contribution in [-0.4, -0.2) is 5.78 Å². The van der Waals surface area contributed by atoms with Gasteiger partial charge in [-0.3, -0.25) is 4.79 Å². The van der Waals surface area contributed by atoms with Crippen molar-refractivity contribution in [2.75, 3.05) is 0 Å². The lowest BCUT2D eigenvalue weighted by Gasteiger charge is -2.12. The van der Waals surface area contributed by atoms with Gasteiger partial charge in [0.25, 0.3) is 0 Å². The van der Waals surface area contributed by atoms with Crippen LogP contribution in [0.2, 0.25) is 0 Å². The highest BCUT2D eigenvalue weighted by molar-refractivity contribution is 5.97. The van der Waals surface area contributed by atoms with Crippen LogP contribution in [0.1, 0.15) is 26.3 Å². The molecule has 0 aliphatic heterocycles. The highest BCUT2D eigenvalue weighted by Gasteiger charge is 2.17. The number of hydrogen-bond acceptors (Lipinski definition) is 2. The lowest BCUT2D eigenvalue weighted by Crippen LogP contribution is -2.17. The summed E-state index contributed by atoms with van der Waals surface area (Å²) in [4.78, 5) is 11.8. The van der Waals surface area contributed by atoms with Crippen LogP contribution in [0.25, 0.3) is 6.08 Å². The fraction of sp³-hybridized carbons (Fsp3) is 0.211. The van der Waals surface area contributed by atoms with E-state index in [9.17, 15) is 4.79 Å². The largest absolute Gasteiger partial charge is 0.457 e. The van der Waals surface area contributed by atoms with Crippen molar-refractivity contribution in [2.24, 2.45) is 5.41 Å². The molecule has 0 bridgehead atoms. The molecule has 0 unspecified atom stereocenters. The van der Waals surface area contributed by atoms with Crippen molar-refractivity contribution in [3.63, 3.8) is 0 Å². The van der Waals surface area contributed by atoms with Gasteiger partial charge in [-0.25, -0.2) is 0 Å². The Labute approximate surface area is 126 Å². The van der Waals surface area contributed by atoms with E-state index in [0.29, 0.717) is 0 Å². The summed E-state index contributed by atoms with van der Waals surface area (Å²) in [6, 6.07) is 17.3. The molecule has 0 aliphatic carbocycles. The summed E-state index contributed by atoms with van der Waals surface area (Å²) in [7, 11) is 0. The predicted octanol–water partition coefficient (Wildman–Crippen LogP) is 5.11. The van der Waals surface area contributed by atoms with E-state index in [0.717, 1.165) is 17.1 Å². The Balaban J connectivity index is 2.03. The van der Waals surface area contributed by atoms with Gasteiger partial charge in [0.05, 0.1) is 0 Å². The van der Waals surface area contributed by atoms with E-state index in [4.69, 9.17) is 4.74 Å². The molecule has 0 amide bonds. The number of carbonyl (C=O) groups excluding carboxylic acids is 1. The predicted molar refractivity (Wildman–Crippen MR) is 86.5 cm³/mol. The Bertz CT molecular complexity index is 617. The van der Waals surface area contributed by atoms with Crippen LogP contribution in [0, 0.1) is 5.41 Å². The third kappa shape index (κ3) is 4.60. The van der Waals surface area contributed by atoms with Gasteiger partial charge < -0.3 is 4.74 Å². The number of ether oxygens (including phenoxy) is 1. The zero-order chi connectivity index (χ0) is 15.3. The minimum atomic E-state index is -0.340. The van der Waals surface area contributed by atoms with Gasteiger partial charge in [-0.2, -0.15) is 0 Å². The zero-order valence-electron chi connectivity index (χ0n) is 12.7. The van der Waals surface area contributed by atoms with E-state index in [1.807, 2.05) is 81.4 Å². The highest BCUT2D eigenvalue weighted by Crippen LogP contribution is 2.22. The normalized spacial score (nSPS) is 11.6. The SMILES string of the molecule is CC(C)(C)C(=O)C=Cc1ccc(Oc2ccccc2)cc1. The van der Waals surface area contributed by atoms with Crippen molar-refractivity contribution in [3.8, 4) is 11.5 Å². The van der Waals surface area contributed by atoms with Crippen LogP contribution in [0.15, 0.2) is 60.7 Å². The summed E-state index contributed by atoms with van der Waals surface area (Å²) in [6.07, 6.45) is 3.47. The van der Waals surface area contributed by atoms with Gasteiger partial charge in [0, 0.05) is 5.41 Å². The third-order valence-corrected chi connectivity index (χ3v) is 3.03. The molecule has 0 N–H and O–H groups in total. The van der Waals surface area contributed by atoms with Crippen molar-refractivity contribution in [1.29, 1.82) is 0 Å². The molecular weight excluding hydrogens is 260 g/mol. The number of carbonyl (C=O) groups is 1.